The summed E-state index contributed by atoms with van der Waals surface area (Å²) in [7, 11) is 3.68. The van der Waals surface area contributed by atoms with Crippen LogP contribution >= 0.6 is 21.6 Å². The Morgan fingerprint density at radius 1 is 0.812 bits per heavy atom. The summed E-state index contributed by atoms with van der Waals surface area (Å²) < 4.78 is 0. The molecule has 0 aliphatic carbocycles. The molecule has 0 radical (unpaired) electrons. The first-order chi connectivity index (χ1) is 30.4. The number of anilines is 2. The average molecular weight is 933 g/mol. The van der Waals surface area contributed by atoms with Crippen LogP contribution in [0.2, 0.25) is 0 Å². The molecule has 5 amide bonds. The first-order valence-electron chi connectivity index (χ1n) is 19.1. The molecule has 4 atom stereocenters. The highest BCUT2D eigenvalue weighted by Crippen LogP contribution is 2.23. The molecule has 0 saturated heterocycles. The minimum Gasteiger partial charge on any atom is -0.481 e. The summed E-state index contributed by atoms with van der Waals surface area (Å²) in [6, 6.07) is -0.421. The van der Waals surface area contributed by atoms with E-state index in [1.807, 2.05) is 0 Å². The molecule has 28 heteroatoms. The molecule has 0 bridgehead atoms. The van der Waals surface area contributed by atoms with E-state index >= 15 is 0 Å². The van der Waals surface area contributed by atoms with E-state index in [4.69, 9.17) is 17.2 Å². The van der Waals surface area contributed by atoms with E-state index in [-0.39, 0.29) is 72.6 Å². The highest BCUT2D eigenvalue weighted by atomic mass is 33.1. The van der Waals surface area contributed by atoms with Crippen molar-refractivity contribution < 1.29 is 53.7 Å². The normalized spacial score (nSPS) is 12.6. The Kier molecular flexibility index (Phi) is 20.5. The van der Waals surface area contributed by atoms with Crippen molar-refractivity contribution in [1.29, 1.82) is 0 Å². The second-order valence-electron chi connectivity index (χ2n) is 13.5. The summed E-state index contributed by atoms with van der Waals surface area (Å²) in [5, 5.41) is 43.7. The largest absolute Gasteiger partial charge is 0.481 e. The van der Waals surface area contributed by atoms with E-state index < -0.39 is 90.5 Å². The van der Waals surface area contributed by atoms with Gasteiger partial charge in [-0.3, -0.25) is 43.5 Å². The molecule has 2 aromatic heterocycles. The number of aromatic amines is 1. The molecule has 0 aliphatic heterocycles. The van der Waals surface area contributed by atoms with Gasteiger partial charge < -0.3 is 64.4 Å². The van der Waals surface area contributed by atoms with Gasteiger partial charge in [0.15, 0.2) is 17.1 Å². The number of aromatic nitrogens is 4. The minimum absolute atomic E-state index is 0.000144. The summed E-state index contributed by atoms with van der Waals surface area (Å²) in [4.78, 5) is 130. The fraction of sp³-hybridized carbons (Fsp3) is 0.417. The van der Waals surface area contributed by atoms with Gasteiger partial charge in [0.25, 0.3) is 11.5 Å². The number of H-pyrrole nitrogens is 1. The molecule has 0 fully saturated rings. The first-order valence-corrected chi connectivity index (χ1v) is 21.6. The highest BCUT2D eigenvalue weighted by molar-refractivity contribution is 8.76. The van der Waals surface area contributed by atoms with Gasteiger partial charge >= 0.3 is 17.9 Å². The Morgan fingerprint density at radius 2 is 1.48 bits per heavy atom. The molecular weight excluding hydrogens is 885 g/mol. The number of guanidine groups is 1. The summed E-state index contributed by atoms with van der Waals surface area (Å²) in [5.74, 6) is -8.68. The molecule has 0 spiro atoms. The number of nitrogens with zero attached hydrogens (tertiary/aromatic N) is 4. The van der Waals surface area contributed by atoms with Crippen LogP contribution in [0.5, 0.6) is 0 Å². The van der Waals surface area contributed by atoms with Crippen molar-refractivity contribution >= 4 is 97.8 Å². The molecule has 16 N–H and O–H groups in total. The zero-order valence-electron chi connectivity index (χ0n) is 34.1. The number of aliphatic imine (C=N–C) groups is 1. The van der Waals surface area contributed by atoms with Gasteiger partial charge in [-0.1, -0.05) is 21.6 Å². The van der Waals surface area contributed by atoms with Crippen LogP contribution in [0.3, 0.4) is 0 Å². The molecule has 3 aromatic rings. The number of carboxylic acids is 3. The lowest BCUT2D eigenvalue weighted by Gasteiger charge is -2.24. The smallest absolute Gasteiger partial charge is 0.327 e. The number of carbonyl (C=O) groups excluding carboxylic acids is 5. The molecule has 3 rings (SSSR count). The number of benzene rings is 1. The lowest BCUT2D eigenvalue weighted by molar-refractivity contribution is -0.143. The third-order valence-corrected chi connectivity index (χ3v) is 11.0. The van der Waals surface area contributed by atoms with E-state index in [0.29, 0.717) is 17.1 Å². The quantitative estimate of drug-likeness (QED) is 0.0162. The maximum atomic E-state index is 13.5. The van der Waals surface area contributed by atoms with E-state index in [0.717, 1.165) is 10.8 Å². The van der Waals surface area contributed by atoms with Crippen molar-refractivity contribution in [3.05, 3.63) is 52.1 Å². The Balaban J connectivity index is 1.62. The lowest BCUT2D eigenvalue weighted by Crippen LogP contribution is -2.56. The van der Waals surface area contributed by atoms with E-state index in [9.17, 15) is 58.5 Å². The second-order valence-corrected chi connectivity index (χ2v) is 16.1. The van der Waals surface area contributed by atoms with Crippen LogP contribution in [0.1, 0.15) is 54.6 Å². The van der Waals surface area contributed by atoms with Gasteiger partial charge in [-0.25, -0.2) is 19.6 Å². The van der Waals surface area contributed by atoms with Crippen molar-refractivity contribution in [1.82, 2.24) is 46.5 Å². The van der Waals surface area contributed by atoms with Crippen molar-refractivity contribution in [3.8, 4) is 0 Å². The number of hydrogen-bond acceptors (Lipinski definition) is 17. The van der Waals surface area contributed by atoms with Crippen LogP contribution in [0.25, 0.3) is 11.2 Å². The maximum absolute atomic E-state index is 13.5. The molecule has 1 aromatic carbocycles. The van der Waals surface area contributed by atoms with Crippen molar-refractivity contribution in [2.75, 3.05) is 36.1 Å². The monoisotopic (exact) mass is 932 g/mol. The van der Waals surface area contributed by atoms with Gasteiger partial charge in [0.1, 0.15) is 24.2 Å². The summed E-state index contributed by atoms with van der Waals surface area (Å²) >= 11 is 0. The van der Waals surface area contributed by atoms with Crippen LogP contribution in [-0.2, 0) is 40.1 Å². The van der Waals surface area contributed by atoms with Crippen LogP contribution in [0, 0.1) is 0 Å². The summed E-state index contributed by atoms with van der Waals surface area (Å²) in [6.07, 6.45) is -0.417. The number of nitrogen functional groups attached to an aromatic ring is 1. The third kappa shape index (κ3) is 17.6. The number of carbonyl (C=O) groups is 8. The first kappa shape index (κ1) is 51.1. The highest BCUT2D eigenvalue weighted by Gasteiger charge is 2.31. The number of nitrogens with two attached hydrogens (primary N) is 3. The number of rotatable bonds is 27. The standard InChI is InChI=1S/C36H48N14O12S2/c1-40-24(51)10-12-63-64-16-23(34(61)62)48-31(57)22(13-26(53)54)47-30(56)20(3-2-11-41-35(37)38)45-25(52)9-8-21(33(59)60)46-29(55)17-4-6-18(7-5-17)42-14-19-15-43-28-27(44-19)32(58)50-36(39)49-28/h4-7,15,20-23,42H,2-3,8-14,16H2,1H3,(H,40,51)(H,45,52)(H,46,55)(H,47,56)(H,48,57)(H,53,54)(H,59,60)(H,61,62)(H4,37,38,41)(H3,39,43,49,50,58)/t20-,21-,22-,23-/m0/s1. The van der Waals surface area contributed by atoms with Crippen molar-refractivity contribution in [2.45, 2.75) is 69.2 Å². The maximum Gasteiger partial charge on any atom is 0.327 e. The molecule has 0 saturated carbocycles. The minimum atomic E-state index is -1.80. The van der Waals surface area contributed by atoms with E-state index in [2.05, 4.69) is 56.8 Å². The zero-order chi connectivity index (χ0) is 47.3. The Labute approximate surface area is 371 Å². The number of carboxylic acid groups (broad SMARTS) is 3. The Morgan fingerprint density at radius 3 is 2.12 bits per heavy atom. The van der Waals surface area contributed by atoms with Crippen LogP contribution in [0.15, 0.2) is 40.2 Å². The number of nitrogens with one attached hydrogen (secondary N) is 7. The van der Waals surface area contributed by atoms with Crippen molar-refractivity contribution in [3.63, 3.8) is 0 Å². The summed E-state index contributed by atoms with van der Waals surface area (Å²) in [6.45, 7) is 0.133. The van der Waals surface area contributed by atoms with E-state index in [1.165, 1.54) is 48.3 Å². The Hall–Kier alpha value is -7.23. The number of hydrogen-bond donors (Lipinski definition) is 13. The molecule has 2 heterocycles. The molecule has 26 nitrogen and oxygen atoms in total. The average Bonchev–Trinajstić information content (AvgIpc) is 3.24. The number of aliphatic carboxylic acids is 3. The predicted octanol–water partition coefficient (Wildman–Crippen LogP) is -2.54. The summed E-state index contributed by atoms with van der Waals surface area (Å²) in [5.41, 5.74) is 16.8. The molecule has 64 heavy (non-hydrogen) atoms. The third-order valence-electron chi connectivity index (χ3n) is 8.60. The van der Waals surface area contributed by atoms with Gasteiger partial charge in [-0.15, -0.1) is 0 Å². The van der Waals surface area contributed by atoms with Crippen LogP contribution < -0.4 is 54.7 Å². The van der Waals surface area contributed by atoms with Gasteiger partial charge in [0, 0.05) is 49.2 Å². The fourth-order valence-electron chi connectivity index (χ4n) is 5.34. The second kappa shape index (κ2) is 25.6. The fourth-order valence-corrected chi connectivity index (χ4v) is 7.48. The van der Waals surface area contributed by atoms with Crippen LogP contribution in [-0.4, -0.2) is 138 Å². The predicted molar refractivity (Wildman–Crippen MR) is 233 cm³/mol. The van der Waals surface area contributed by atoms with Crippen molar-refractivity contribution in [2.24, 2.45) is 16.5 Å². The van der Waals surface area contributed by atoms with Gasteiger partial charge in [0.2, 0.25) is 29.6 Å². The Bertz CT molecular complexity index is 2260. The van der Waals surface area contributed by atoms with E-state index in [1.54, 1.807) is 0 Å². The molecule has 0 unspecified atom stereocenters. The molecule has 346 valence electrons. The van der Waals surface area contributed by atoms with Gasteiger partial charge in [-0.05, 0) is 43.5 Å². The van der Waals surface area contributed by atoms with Crippen LogP contribution in [0.4, 0.5) is 11.6 Å². The van der Waals surface area contributed by atoms with Gasteiger partial charge in [-0.2, -0.15) is 4.98 Å². The molecular formula is C36H48N14O12S2. The number of fused-ring (bicyclic) bond motifs is 1. The van der Waals surface area contributed by atoms with Gasteiger partial charge in [0.05, 0.1) is 24.9 Å². The zero-order valence-corrected chi connectivity index (χ0v) is 35.8. The topological polar surface area (TPSA) is 431 Å². The SMILES string of the molecule is CNC(=O)CCSSC[C@H](NC(=O)[C@H](CC(=O)O)NC(=O)[C@H](CCCN=C(N)N)NC(=O)CC[C@H](NC(=O)c1ccc(NCc2cnc3nc(N)[nH]c(=O)c3n2)cc1)C(=O)O)C(=O)O. The lowest BCUT2D eigenvalue weighted by atomic mass is 10.1. The number of amides is 5. The molecule has 0 aliphatic rings.